The molecule has 1 aliphatic rings. The Balaban J connectivity index is 2.61. The van der Waals surface area contributed by atoms with E-state index < -0.39 is 6.10 Å². The molecule has 0 bridgehead atoms. The monoisotopic (exact) mass is 258 g/mol. The number of nitrogens with zero attached hydrogens (tertiary/aromatic N) is 1. The van der Waals surface area contributed by atoms with Crippen LogP contribution < -0.4 is 5.32 Å². The lowest BCUT2D eigenvalue weighted by molar-refractivity contribution is -0.142. The molecule has 104 valence electrons. The molecule has 0 radical (unpaired) electrons. The molecule has 0 aliphatic carbocycles. The molecule has 1 rings (SSSR count). The second-order valence-corrected chi connectivity index (χ2v) is 4.90. The van der Waals surface area contributed by atoms with Crippen molar-refractivity contribution >= 4 is 11.9 Å². The van der Waals surface area contributed by atoms with E-state index in [9.17, 15) is 14.7 Å². The number of hydrogen-bond acceptors (Lipinski definition) is 5. The van der Waals surface area contributed by atoms with Crippen molar-refractivity contribution in [3.8, 4) is 0 Å². The Morgan fingerprint density at radius 1 is 1.50 bits per heavy atom. The van der Waals surface area contributed by atoms with Crippen molar-refractivity contribution in [2.24, 2.45) is 5.92 Å². The van der Waals surface area contributed by atoms with Crippen LogP contribution in [0, 0.1) is 5.92 Å². The van der Waals surface area contributed by atoms with Crippen molar-refractivity contribution < 1.29 is 19.4 Å². The number of hydrogen-bond donors (Lipinski definition) is 2. The quantitative estimate of drug-likeness (QED) is 0.656. The van der Waals surface area contributed by atoms with Crippen LogP contribution in [0.3, 0.4) is 0 Å². The fourth-order valence-electron chi connectivity index (χ4n) is 2.35. The Bertz CT molecular complexity index is 306. The average Bonchev–Trinajstić information content (AvgIpc) is 2.27. The van der Waals surface area contributed by atoms with Crippen molar-refractivity contribution in [3.63, 3.8) is 0 Å². The predicted octanol–water partition coefficient (Wildman–Crippen LogP) is -0.633. The van der Waals surface area contributed by atoms with Gasteiger partial charge in [-0.1, -0.05) is 0 Å². The van der Waals surface area contributed by atoms with Crippen LogP contribution in [0.15, 0.2) is 0 Å². The molecule has 6 nitrogen and oxygen atoms in total. The largest absolute Gasteiger partial charge is 0.468 e. The van der Waals surface area contributed by atoms with Gasteiger partial charge in [-0.2, -0.15) is 0 Å². The molecule has 6 heteroatoms. The molecule has 0 saturated carbocycles. The smallest absolute Gasteiger partial charge is 0.319 e. The zero-order chi connectivity index (χ0) is 13.7. The first-order chi connectivity index (χ1) is 8.42. The highest BCUT2D eigenvalue weighted by Crippen LogP contribution is 2.20. The number of aliphatic hydroxyl groups excluding tert-OH is 1. The van der Waals surface area contributed by atoms with Gasteiger partial charge in [0.15, 0.2) is 0 Å². The fourth-order valence-corrected chi connectivity index (χ4v) is 2.35. The first kappa shape index (κ1) is 14.9. The number of rotatable bonds is 4. The number of ether oxygens (including phenoxy) is 1. The molecular formula is C12H22N2O4. The van der Waals surface area contributed by atoms with E-state index in [0.29, 0.717) is 13.1 Å². The van der Waals surface area contributed by atoms with Gasteiger partial charge in [-0.25, -0.2) is 0 Å². The van der Waals surface area contributed by atoms with E-state index in [1.165, 1.54) is 14.0 Å². The number of methoxy groups -OCH3 is 1. The van der Waals surface area contributed by atoms with E-state index in [-0.39, 0.29) is 30.4 Å². The van der Waals surface area contributed by atoms with Gasteiger partial charge in [0.05, 0.1) is 19.8 Å². The molecule has 2 N–H and O–H groups in total. The number of carbonyl (C=O) groups is 2. The van der Waals surface area contributed by atoms with Gasteiger partial charge in [0.25, 0.3) is 0 Å². The van der Waals surface area contributed by atoms with Gasteiger partial charge < -0.3 is 15.2 Å². The molecule has 1 saturated heterocycles. The minimum Gasteiger partial charge on any atom is -0.468 e. The van der Waals surface area contributed by atoms with E-state index in [4.69, 9.17) is 0 Å². The van der Waals surface area contributed by atoms with Gasteiger partial charge in [0.2, 0.25) is 5.91 Å². The van der Waals surface area contributed by atoms with Crippen molar-refractivity contribution in [2.45, 2.75) is 32.4 Å². The summed E-state index contributed by atoms with van der Waals surface area (Å²) >= 11 is 0. The van der Waals surface area contributed by atoms with E-state index in [2.05, 4.69) is 10.1 Å². The SMILES string of the molecule is COC(=O)CN1CC(NC(C)=O)CC(C(C)O)C1. The van der Waals surface area contributed by atoms with E-state index >= 15 is 0 Å². The molecular weight excluding hydrogens is 236 g/mol. The summed E-state index contributed by atoms with van der Waals surface area (Å²) in [6, 6.07) is -0.0273. The van der Waals surface area contributed by atoms with Crippen LogP contribution in [-0.4, -0.2) is 60.8 Å². The van der Waals surface area contributed by atoms with Crippen LogP contribution in [0.1, 0.15) is 20.3 Å². The van der Waals surface area contributed by atoms with E-state index in [0.717, 1.165) is 6.42 Å². The molecule has 0 aromatic rings. The molecule has 3 atom stereocenters. The lowest BCUT2D eigenvalue weighted by atomic mass is 9.90. The number of piperidine rings is 1. The average molecular weight is 258 g/mol. The summed E-state index contributed by atoms with van der Waals surface area (Å²) in [6.07, 6.45) is 0.274. The molecule has 1 heterocycles. The number of aliphatic hydroxyl groups is 1. The number of esters is 1. The molecule has 1 aliphatic heterocycles. The van der Waals surface area contributed by atoms with Crippen LogP contribution in [0.4, 0.5) is 0 Å². The fraction of sp³-hybridized carbons (Fsp3) is 0.833. The van der Waals surface area contributed by atoms with Crippen LogP contribution >= 0.6 is 0 Å². The second-order valence-electron chi connectivity index (χ2n) is 4.90. The lowest BCUT2D eigenvalue weighted by Crippen LogP contribution is -2.53. The maximum absolute atomic E-state index is 11.3. The van der Waals surface area contributed by atoms with E-state index in [1.807, 2.05) is 4.90 Å². The molecule has 1 fully saturated rings. The van der Waals surface area contributed by atoms with Crippen LogP contribution in [0.2, 0.25) is 0 Å². The number of amides is 1. The third-order valence-corrected chi connectivity index (χ3v) is 3.23. The minimum absolute atomic E-state index is 0.0273. The summed E-state index contributed by atoms with van der Waals surface area (Å²) in [5.74, 6) is -0.340. The summed E-state index contributed by atoms with van der Waals surface area (Å²) in [5, 5.41) is 12.5. The summed E-state index contributed by atoms with van der Waals surface area (Å²) in [7, 11) is 1.35. The number of nitrogens with one attached hydrogen (secondary N) is 1. The molecule has 1 amide bonds. The van der Waals surface area contributed by atoms with Crippen molar-refractivity contribution in [3.05, 3.63) is 0 Å². The molecule has 0 aromatic carbocycles. The summed E-state index contributed by atoms with van der Waals surface area (Å²) in [4.78, 5) is 24.3. The normalized spacial score (nSPS) is 26.4. The Hall–Kier alpha value is -1.14. The van der Waals surface area contributed by atoms with Gasteiger partial charge in [-0.15, -0.1) is 0 Å². The van der Waals surface area contributed by atoms with Gasteiger partial charge in [0, 0.05) is 26.1 Å². The predicted molar refractivity (Wildman–Crippen MR) is 65.8 cm³/mol. The highest BCUT2D eigenvalue weighted by atomic mass is 16.5. The number of likely N-dealkylation sites (tertiary alicyclic amines) is 1. The molecule has 18 heavy (non-hydrogen) atoms. The lowest BCUT2D eigenvalue weighted by Gasteiger charge is -2.38. The van der Waals surface area contributed by atoms with Crippen LogP contribution in [-0.2, 0) is 14.3 Å². The van der Waals surface area contributed by atoms with Gasteiger partial charge in [-0.05, 0) is 19.3 Å². The molecule has 3 unspecified atom stereocenters. The minimum atomic E-state index is -0.457. The molecule has 0 aromatic heterocycles. The highest BCUT2D eigenvalue weighted by molar-refractivity contribution is 5.73. The maximum Gasteiger partial charge on any atom is 0.319 e. The second kappa shape index (κ2) is 6.70. The number of carbonyl (C=O) groups excluding carboxylic acids is 2. The summed E-state index contributed by atoms with van der Waals surface area (Å²) < 4.78 is 4.63. The van der Waals surface area contributed by atoms with Gasteiger partial charge in [0.1, 0.15) is 0 Å². The standard InChI is InChI=1S/C12H22N2O4/c1-8(15)10-4-11(13-9(2)16)6-14(5-10)7-12(17)18-3/h8,10-11,15H,4-7H2,1-3H3,(H,13,16). The topological polar surface area (TPSA) is 78.9 Å². The third kappa shape index (κ3) is 4.62. The van der Waals surface area contributed by atoms with Gasteiger partial charge >= 0.3 is 5.97 Å². The summed E-state index contributed by atoms with van der Waals surface area (Å²) in [5.41, 5.74) is 0. The Morgan fingerprint density at radius 3 is 2.67 bits per heavy atom. The maximum atomic E-state index is 11.3. The zero-order valence-electron chi connectivity index (χ0n) is 11.2. The van der Waals surface area contributed by atoms with Crippen molar-refractivity contribution in [1.29, 1.82) is 0 Å². The van der Waals surface area contributed by atoms with Crippen LogP contribution in [0.5, 0.6) is 0 Å². The van der Waals surface area contributed by atoms with Crippen molar-refractivity contribution in [2.75, 3.05) is 26.7 Å². The first-order valence-electron chi connectivity index (χ1n) is 6.16. The first-order valence-corrected chi connectivity index (χ1v) is 6.16. The Kier molecular flexibility index (Phi) is 5.55. The van der Waals surface area contributed by atoms with E-state index in [1.54, 1.807) is 6.92 Å². The molecule has 0 spiro atoms. The summed E-state index contributed by atoms with van der Waals surface area (Å²) in [6.45, 7) is 4.64. The Morgan fingerprint density at radius 2 is 2.17 bits per heavy atom. The van der Waals surface area contributed by atoms with Gasteiger partial charge in [-0.3, -0.25) is 14.5 Å². The van der Waals surface area contributed by atoms with Crippen LogP contribution in [0.25, 0.3) is 0 Å². The highest BCUT2D eigenvalue weighted by Gasteiger charge is 2.31. The third-order valence-electron chi connectivity index (χ3n) is 3.23. The van der Waals surface area contributed by atoms with Crippen molar-refractivity contribution in [1.82, 2.24) is 10.2 Å². The zero-order valence-corrected chi connectivity index (χ0v) is 11.2. The Labute approximate surface area is 107 Å².